The van der Waals surface area contributed by atoms with Crippen LogP contribution in [0, 0.1) is 13.8 Å². The predicted octanol–water partition coefficient (Wildman–Crippen LogP) is 4.26. The van der Waals surface area contributed by atoms with E-state index in [0.29, 0.717) is 55.4 Å². The van der Waals surface area contributed by atoms with Crippen molar-refractivity contribution < 1.29 is 14.3 Å². The molecule has 8 rings (SSSR count). The van der Waals surface area contributed by atoms with Gasteiger partial charge in [-0.3, -0.25) is 4.79 Å². The highest BCUT2D eigenvalue weighted by Crippen LogP contribution is 2.25. The molecule has 50 heavy (non-hydrogen) atoms. The van der Waals surface area contributed by atoms with Gasteiger partial charge in [0.1, 0.15) is 11.5 Å². The fourth-order valence-electron chi connectivity index (χ4n) is 6.86. The second-order valence-corrected chi connectivity index (χ2v) is 13.5. The van der Waals surface area contributed by atoms with Gasteiger partial charge in [-0.1, -0.05) is 17.3 Å². The van der Waals surface area contributed by atoms with E-state index in [1.807, 2.05) is 29.3 Å². The summed E-state index contributed by atoms with van der Waals surface area (Å²) in [5.74, 6) is 2.53. The number of hydrogen-bond donors (Lipinski definition) is 1. The van der Waals surface area contributed by atoms with Gasteiger partial charge in [0, 0.05) is 50.4 Å². The van der Waals surface area contributed by atoms with Crippen LogP contribution in [0.15, 0.2) is 42.6 Å². The van der Waals surface area contributed by atoms with E-state index in [2.05, 4.69) is 57.1 Å². The summed E-state index contributed by atoms with van der Waals surface area (Å²) in [6.45, 7) is 10.3. The molecular weight excluding hydrogens is 634 g/mol. The monoisotopic (exact) mass is 677 g/mol. The van der Waals surface area contributed by atoms with E-state index < -0.39 is 0 Å². The largest absolute Gasteiger partial charge is 0.378 e. The minimum absolute atomic E-state index is 0.0103. The highest BCUT2D eigenvalue weighted by molar-refractivity contribution is 5.97. The number of nitrogens with zero attached hydrogens (tertiary/aromatic N) is 10. The summed E-state index contributed by atoms with van der Waals surface area (Å²) in [4.78, 5) is 42.5. The lowest BCUT2D eigenvalue weighted by molar-refractivity contribution is -0.00787. The first kappa shape index (κ1) is 32.3. The number of carbonyl (C=O) groups is 1. The number of anilines is 2. The van der Waals surface area contributed by atoms with Crippen molar-refractivity contribution in [3.63, 3.8) is 0 Å². The number of hydrogen-bond acceptors (Lipinski definition) is 11. The Morgan fingerprint density at radius 1 is 0.860 bits per heavy atom. The van der Waals surface area contributed by atoms with Gasteiger partial charge < -0.3 is 29.2 Å². The number of fused-ring (bicyclic) bond motifs is 1. The zero-order valence-corrected chi connectivity index (χ0v) is 28.7. The minimum atomic E-state index is -0.110. The number of aromatic nitrogens is 8. The Hall–Kier alpha value is -4.95. The molecule has 14 heteroatoms. The van der Waals surface area contributed by atoms with E-state index in [-0.39, 0.29) is 18.6 Å². The van der Waals surface area contributed by atoms with Gasteiger partial charge >= 0.3 is 0 Å². The lowest BCUT2D eigenvalue weighted by Crippen LogP contribution is -2.43. The number of rotatable bonds is 8. The van der Waals surface area contributed by atoms with E-state index in [1.54, 1.807) is 4.68 Å². The molecule has 260 valence electrons. The van der Waals surface area contributed by atoms with Crippen molar-refractivity contribution in [2.24, 2.45) is 0 Å². The number of aromatic amines is 1. The number of nitrogens with one attached hydrogen (secondary N) is 1. The highest BCUT2D eigenvalue weighted by Gasteiger charge is 2.26. The van der Waals surface area contributed by atoms with Crippen LogP contribution in [-0.4, -0.2) is 109 Å². The van der Waals surface area contributed by atoms with Crippen LogP contribution in [0.1, 0.15) is 59.3 Å². The quantitative estimate of drug-likeness (QED) is 0.252. The summed E-state index contributed by atoms with van der Waals surface area (Å²) in [6, 6.07) is 12.0. The minimum Gasteiger partial charge on any atom is -0.378 e. The van der Waals surface area contributed by atoms with Crippen LogP contribution in [0.2, 0.25) is 0 Å². The standard InChI is InChI=1S/C36H43N11O3/c1-24-8-9-26(19-25(24)2)32-37-30-11-10-27(20-31(30)38-32)33(48)46-14-6-7-29(22-46)50-23-28-21-47(43-42-28)36-40-34(44-12-4-3-5-13-44)39-35(41-36)45-15-17-49-18-16-45/h8-11,19-21,29H,3-7,12-18,22-23H2,1-2H3,(H,37,38). The molecule has 5 aromatic rings. The van der Waals surface area contributed by atoms with Gasteiger partial charge in [0.15, 0.2) is 0 Å². The molecule has 1 atom stereocenters. The molecule has 3 fully saturated rings. The summed E-state index contributed by atoms with van der Waals surface area (Å²) in [5.41, 5.74) is 6.47. The molecule has 3 aliphatic rings. The Morgan fingerprint density at radius 3 is 2.44 bits per heavy atom. The number of ether oxygens (including phenoxy) is 2. The van der Waals surface area contributed by atoms with Crippen LogP contribution in [0.25, 0.3) is 28.4 Å². The predicted molar refractivity (Wildman–Crippen MR) is 189 cm³/mol. The van der Waals surface area contributed by atoms with Gasteiger partial charge in [-0.25, -0.2) is 4.98 Å². The van der Waals surface area contributed by atoms with E-state index in [0.717, 1.165) is 74.3 Å². The molecule has 3 aromatic heterocycles. The Bertz CT molecular complexity index is 1940. The Kier molecular flexibility index (Phi) is 9.11. The maximum atomic E-state index is 13.6. The summed E-state index contributed by atoms with van der Waals surface area (Å²) < 4.78 is 13.5. The van der Waals surface area contributed by atoms with Gasteiger partial charge in [0.25, 0.3) is 11.9 Å². The second-order valence-electron chi connectivity index (χ2n) is 13.5. The fourth-order valence-corrected chi connectivity index (χ4v) is 6.86. The van der Waals surface area contributed by atoms with Gasteiger partial charge in [-0.15, -0.1) is 5.10 Å². The van der Waals surface area contributed by atoms with Gasteiger partial charge in [-0.05, 0) is 81.3 Å². The molecule has 1 N–H and O–H groups in total. The van der Waals surface area contributed by atoms with Crippen molar-refractivity contribution >= 4 is 28.8 Å². The summed E-state index contributed by atoms with van der Waals surface area (Å²) in [5, 5.41) is 8.73. The van der Waals surface area contributed by atoms with E-state index >= 15 is 0 Å². The van der Waals surface area contributed by atoms with E-state index in [9.17, 15) is 4.79 Å². The number of imidazole rings is 1. The van der Waals surface area contributed by atoms with Crippen molar-refractivity contribution in [1.82, 2.24) is 44.8 Å². The second kappa shape index (κ2) is 14.1. The van der Waals surface area contributed by atoms with Crippen LogP contribution in [0.4, 0.5) is 11.9 Å². The lowest BCUT2D eigenvalue weighted by atomic mass is 10.1. The zero-order chi connectivity index (χ0) is 34.0. The third kappa shape index (κ3) is 6.90. The van der Waals surface area contributed by atoms with E-state index in [1.165, 1.54) is 17.5 Å². The van der Waals surface area contributed by atoms with Crippen LogP contribution in [-0.2, 0) is 16.1 Å². The van der Waals surface area contributed by atoms with Crippen LogP contribution < -0.4 is 9.80 Å². The maximum Gasteiger partial charge on any atom is 0.258 e. The first-order valence-corrected chi connectivity index (χ1v) is 17.7. The molecule has 1 unspecified atom stereocenters. The Morgan fingerprint density at radius 2 is 1.64 bits per heavy atom. The van der Waals surface area contributed by atoms with Crippen LogP contribution >= 0.6 is 0 Å². The van der Waals surface area contributed by atoms with Crippen molar-refractivity contribution in [3.05, 3.63) is 65.0 Å². The third-order valence-corrected chi connectivity index (χ3v) is 9.92. The number of morpholine rings is 1. The van der Waals surface area contributed by atoms with Crippen molar-refractivity contribution in [1.29, 1.82) is 0 Å². The van der Waals surface area contributed by atoms with Gasteiger partial charge in [-0.2, -0.15) is 19.6 Å². The third-order valence-electron chi connectivity index (χ3n) is 9.92. The van der Waals surface area contributed by atoms with Gasteiger partial charge in [0.2, 0.25) is 11.9 Å². The van der Waals surface area contributed by atoms with Crippen molar-refractivity contribution in [2.75, 3.05) is 62.3 Å². The molecular formula is C36H43N11O3. The number of carbonyl (C=O) groups excluding carboxylic acids is 1. The van der Waals surface area contributed by atoms with E-state index in [4.69, 9.17) is 29.4 Å². The molecule has 0 saturated carbocycles. The maximum absolute atomic E-state index is 13.6. The van der Waals surface area contributed by atoms with Crippen molar-refractivity contribution in [2.45, 2.75) is 58.7 Å². The van der Waals surface area contributed by atoms with Crippen LogP contribution in [0.5, 0.6) is 0 Å². The highest BCUT2D eigenvalue weighted by atomic mass is 16.5. The first-order chi connectivity index (χ1) is 24.5. The van der Waals surface area contributed by atoms with Crippen LogP contribution in [0.3, 0.4) is 0 Å². The first-order valence-electron chi connectivity index (χ1n) is 17.7. The lowest BCUT2D eigenvalue weighted by Gasteiger charge is -2.32. The molecule has 6 heterocycles. The number of amides is 1. The Labute approximate surface area is 290 Å². The molecule has 0 radical (unpaired) electrons. The molecule has 14 nitrogen and oxygen atoms in total. The molecule has 0 aliphatic carbocycles. The fraction of sp³-hybridized carbons (Fsp3) is 0.472. The molecule has 1 amide bonds. The SMILES string of the molecule is Cc1ccc(-c2nc3ccc(C(=O)N4CCCC(OCc5cn(-c6nc(N7CCCCC7)nc(N7CCOCC7)n6)nn5)C4)cc3[nH]2)cc1C. The Balaban J connectivity index is 0.925. The number of aryl methyl sites for hydroxylation is 2. The zero-order valence-electron chi connectivity index (χ0n) is 28.7. The summed E-state index contributed by atoms with van der Waals surface area (Å²) in [7, 11) is 0. The molecule has 0 bridgehead atoms. The summed E-state index contributed by atoms with van der Waals surface area (Å²) in [6.07, 6.45) is 6.90. The number of H-pyrrole nitrogens is 1. The molecule has 3 aliphatic heterocycles. The summed E-state index contributed by atoms with van der Waals surface area (Å²) >= 11 is 0. The van der Waals surface area contributed by atoms with Crippen molar-refractivity contribution in [3.8, 4) is 17.3 Å². The van der Waals surface area contributed by atoms with Gasteiger partial charge in [0.05, 0.1) is 43.2 Å². The molecule has 0 spiro atoms. The number of piperidine rings is 2. The normalized spacial score (nSPS) is 18.6. The average molecular weight is 678 g/mol. The molecule has 2 aromatic carbocycles. The topological polar surface area (TPSA) is 143 Å². The number of benzene rings is 2. The smallest absolute Gasteiger partial charge is 0.258 e. The number of likely N-dealkylation sites (tertiary alicyclic amines) is 1. The average Bonchev–Trinajstić information content (AvgIpc) is 3.83. The molecule has 3 saturated heterocycles.